The third-order valence-electron chi connectivity index (χ3n) is 4.39. The van der Waals surface area contributed by atoms with E-state index in [9.17, 15) is 4.79 Å². The van der Waals surface area contributed by atoms with E-state index in [1.54, 1.807) is 11.3 Å². The minimum Gasteiger partial charge on any atom is -0.487 e. The first-order valence-electron chi connectivity index (χ1n) is 8.51. The molecule has 4 aromatic rings. The molecule has 0 spiro atoms. The predicted octanol–water partition coefficient (Wildman–Crippen LogP) is 6.27. The zero-order valence-corrected chi connectivity index (χ0v) is 15.3. The molecule has 4 rings (SSSR count). The van der Waals surface area contributed by atoms with Crippen molar-refractivity contribution in [3.05, 3.63) is 89.5 Å². The molecular formula is C23H18O2S. The number of hydrogen-bond acceptors (Lipinski definition) is 3. The van der Waals surface area contributed by atoms with Crippen LogP contribution in [-0.2, 0) is 6.61 Å². The van der Waals surface area contributed by atoms with Crippen molar-refractivity contribution in [3.63, 3.8) is 0 Å². The van der Waals surface area contributed by atoms with E-state index in [2.05, 4.69) is 43.3 Å². The second kappa shape index (κ2) is 7.14. The average molecular weight is 358 g/mol. The van der Waals surface area contributed by atoms with Gasteiger partial charge in [-0.3, -0.25) is 4.79 Å². The lowest BCUT2D eigenvalue weighted by Gasteiger charge is -2.10. The lowest BCUT2D eigenvalue weighted by molar-refractivity contribution is 0.112. The van der Waals surface area contributed by atoms with Gasteiger partial charge in [-0.05, 0) is 24.6 Å². The van der Waals surface area contributed by atoms with Crippen molar-refractivity contribution >= 4 is 27.7 Å². The van der Waals surface area contributed by atoms with E-state index in [4.69, 9.17) is 4.74 Å². The monoisotopic (exact) mass is 358 g/mol. The Kier molecular flexibility index (Phi) is 4.55. The van der Waals surface area contributed by atoms with Gasteiger partial charge in [0.2, 0.25) is 0 Å². The zero-order chi connectivity index (χ0) is 17.9. The number of carbonyl (C=O) groups is 1. The fourth-order valence-corrected chi connectivity index (χ4v) is 4.18. The minimum absolute atomic E-state index is 0.497. The van der Waals surface area contributed by atoms with Crippen LogP contribution < -0.4 is 4.74 Å². The van der Waals surface area contributed by atoms with Crippen LogP contribution >= 0.6 is 11.3 Å². The molecule has 0 aliphatic carbocycles. The molecule has 0 atom stereocenters. The van der Waals surface area contributed by atoms with Crippen LogP contribution in [0, 0.1) is 6.92 Å². The standard InChI is InChI=1S/C23H18O2S/c1-16-10-12-17(13-11-16)15-25-22-20-8-4-5-9-21(20)26-23(22)19-7-3-2-6-18(19)14-24/h2-14H,15H2,1H3. The Hall–Kier alpha value is -2.91. The molecule has 1 aromatic heterocycles. The first-order valence-corrected chi connectivity index (χ1v) is 9.32. The number of fused-ring (bicyclic) bond motifs is 1. The first kappa shape index (κ1) is 16.6. The van der Waals surface area contributed by atoms with Gasteiger partial charge in [0.15, 0.2) is 6.29 Å². The molecule has 0 saturated heterocycles. The van der Waals surface area contributed by atoms with Gasteiger partial charge >= 0.3 is 0 Å². The van der Waals surface area contributed by atoms with Crippen molar-refractivity contribution in [1.29, 1.82) is 0 Å². The van der Waals surface area contributed by atoms with E-state index in [1.165, 1.54) is 5.56 Å². The third-order valence-corrected chi connectivity index (χ3v) is 5.57. The van der Waals surface area contributed by atoms with Crippen LogP contribution in [0.15, 0.2) is 72.8 Å². The number of aryl methyl sites for hydroxylation is 1. The van der Waals surface area contributed by atoms with Gasteiger partial charge < -0.3 is 4.74 Å². The van der Waals surface area contributed by atoms with E-state index in [-0.39, 0.29) is 0 Å². The largest absolute Gasteiger partial charge is 0.487 e. The maximum Gasteiger partial charge on any atom is 0.150 e. The van der Waals surface area contributed by atoms with Crippen molar-refractivity contribution < 1.29 is 9.53 Å². The van der Waals surface area contributed by atoms with Gasteiger partial charge in [-0.2, -0.15) is 0 Å². The van der Waals surface area contributed by atoms with E-state index < -0.39 is 0 Å². The average Bonchev–Trinajstić information content (AvgIpc) is 3.06. The molecule has 0 unspecified atom stereocenters. The SMILES string of the molecule is Cc1ccc(COc2c(-c3ccccc3C=O)sc3ccccc23)cc1. The van der Waals surface area contributed by atoms with Crippen LogP contribution in [0.5, 0.6) is 5.75 Å². The Labute approximate surface area is 156 Å². The van der Waals surface area contributed by atoms with Crippen LogP contribution in [0.2, 0.25) is 0 Å². The van der Waals surface area contributed by atoms with Gasteiger partial charge in [0.05, 0.1) is 4.88 Å². The molecule has 0 N–H and O–H groups in total. The lowest BCUT2D eigenvalue weighted by Crippen LogP contribution is -1.96. The van der Waals surface area contributed by atoms with Crippen molar-refractivity contribution in [2.45, 2.75) is 13.5 Å². The second-order valence-corrected chi connectivity index (χ2v) is 7.29. The van der Waals surface area contributed by atoms with Crippen LogP contribution in [0.4, 0.5) is 0 Å². The highest BCUT2D eigenvalue weighted by atomic mass is 32.1. The molecule has 0 bridgehead atoms. The quantitative estimate of drug-likeness (QED) is 0.393. The highest BCUT2D eigenvalue weighted by Crippen LogP contribution is 2.45. The van der Waals surface area contributed by atoms with Gasteiger partial charge in [0, 0.05) is 21.2 Å². The third kappa shape index (κ3) is 3.14. The molecular weight excluding hydrogens is 340 g/mol. The molecule has 3 heteroatoms. The summed E-state index contributed by atoms with van der Waals surface area (Å²) >= 11 is 1.66. The number of rotatable bonds is 5. The first-order chi connectivity index (χ1) is 12.8. The summed E-state index contributed by atoms with van der Waals surface area (Å²) in [5.74, 6) is 0.848. The summed E-state index contributed by atoms with van der Waals surface area (Å²) in [7, 11) is 0. The topological polar surface area (TPSA) is 26.3 Å². The maximum absolute atomic E-state index is 11.5. The van der Waals surface area contributed by atoms with Crippen molar-refractivity contribution in [1.82, 2.24) is 0 Å². The molecule has 128 valence electrons. The van der Waals surface area contributed by atoms with E-state index in [0.29, 0.717) is 12.2 Å². The lowest BCUT2D eigenvalue weighted by atomic mass is 10.1. The van der Waals surface area contributed by atoms with Gasteiger partial charge in [-0.25, -0.2) is 0 Å². The Balaban J connectivity index is 1.79. The van der Waals surface area contributed by atoms with Crippen LogP contribution in [0.1, 0.15) is 21.5 Å². The van der Waals surface area contributed by atoms with Crippen LogP contribution in [0.25, 0.3) is 20.5 Å². The van der Waals surface area contributed by atoms with Crippen molar-refractivity contribution in [2.24, 2.45) is 0 Å². The van der Waals surface area contributed by atoms with Crippen molar-refractivity contribution in [2.75, 3.05) is 0 Å². The molecule has 0 radical (unpaired) electrons. The Morgan fingerprint density at radius 1 is 0.923 bits per heavy atom. The number of thiophene rings is 1. The summed E-state index contributed by atoms with van der Waals surface area (Å²) in [6, 6.07) is 24.2. The van der Waals surface area contributed by atoms with Gasteiger partial charge in [-0.15, -0.1) is 11.3 Å². The fraction of sp³-hybridized carbons (Fsp3) is 0.0870. The molecule has 0 fully saturated rings. The van der Waals surface area contributed by atoms with Crippen LogP contribution in [0.3, 0.4) is 0 Å². The molecule has 0 saturated carbocycles. The van der Waals surface area contributed by atoms with E-state index in [0.717, 1.165) is 38.1 Å². The minimum atomic E-state index is 0.497. The normalized spacial score (nSPS) is 10.8. The molecule has 26 heavy (non-hydrogen) atoms. The number of benzene rings is 3. The van der Waals surface area contributed by atoms with E-state index in [1.807, 2.05) is 36.4 Å². The van der Waals surface area contributed by atoms with Crippen LogP contribution in [-0.4, -0.2) is 6.29 Å². The predicted molar refractivity (Wildman–Crippen MR) is 108 cm³/mol. The van der Waals surface area contributed by atoms with E-state index >= 15 is 0 Å². The summed E-state index contributed by atoms with van der Waals surface area (Å²) < 4.78 is 7.42. The van der Waals surface area contributed by atoms with Gasteiger partial charge in [0.25, 0.3) is 0 Å². The molecule has 0 aliphatic heterocycles. The Morgan fingerprint density at radius 2 is 1.65 bits per heavy atom. The highest BCUT2D eigenvalue weighted by molar-refractivity contribution is 7.22. The summed E-state index contributed by atoms with van der Waals surface area (Å²) in [5, 5.41) is 1.08. The summed E-state index contributed by atoms with van der Waals surface area (Å²) in [6.07, 6.45) is 0.906. The smallest absolute Gasteiger partial charge is 0.150 e. The number of ether oxygens (including phenoxy) is 1. The number of aldehydes is 1. The van der Waals surface area contributed by atoms with Crippen molar-refractivity contribution in [3.8, 4) is 16.2 Å². The second-order valence-electron chi connectivity index (χ2n) is 6.24. The molecule has 2 nitrogen and oxygen atoms in total. The summed E-state index contributed by atoms with van der Waals surface area (Å²) in [5.41, 5.74) is 3.96. The number of hydrogen-bond donors (Lipinski definition) is 0. The Morgan fingerprint density at radius 3 is 2.46 bits per heavy atom. The van der Waals surface area contributed by atoms with Gasteiger partial charge in [-0.1, -0.05) is 66.2 Å². The molecule has 0 aliphatic rings. The maximum atomic E-state index is 11.5. The molecule has 0 amide bonds. The zero-order valence-electron chi connectivity index (χ0n) is 14.4. The number of carbonyl (C=O) groups excluding carboxylic acids is 1. The molecule has 3 aromatic carbocycles. The Bertz CT molecular complexity index is 1060. The summed E-state index contributed by atoms with van der Waals surface area (Å²) in [4.78, 5) is 12.5. The van der Waals surface area contributed by atoms with Gasteiger partial charge in [0.1, 0.15) is 12.4 Å². The fourth-order valence-electron chi connectivity index (χ4n) is 2.99. The highest BCUT2D eigenvalue weighted by Gasteiger charge is 2.17. The molecule has 1 heterocycles. The summed E-state index contributed by atoms with van der Waals surface area (Å²) in [6.45, 7) is 2.57.